The van der Waals surface area contributed by atoms with Crippen LogP contribution in [0.5, 0.6) is 5.75 Å². The number of nitrogens with two attached hydrogens (primary N) is 1. The number of halogens is 3. The van der Waals surface area contributed by atoms with Crippen LogP contribution in [0, 0.1) is 0 Å². The van der Waals surface area contributed by atoms with E-state index < -0.39 is 0 Å². The minimum atomic E-state index is -0.215. The molecule has 6 heteroatoms. The van der Waals surface area contributed by atoms with Crippen molar-refractivity contribution in [3.05, 3.63) is 48.0 Å². The standard InChI is InChI=1S/C12H10Br2ClNOS/c1-17-9-4-6(2-3-8(9)15)11(16)7-5-10(13)18-12(7)14/h2-5,11H,16H2,1H3. The Balaban J connectivity index is 2.39. The Hall–Kier alpha value is -0.0700. The third-order valence-corrected chi connectivity index (χ3v) is 5.25. The lowest BCUT2D eigenvalue weighted by Crippen LogP contribution is -2.11. The van der Waals surface area contributed by atoms with Gasteiger partial charge >= 0.3 is 0 Å². The lowest BCUT2D eigenvalue weighted by molar-refractivity contribution is 0.414. The van der Waals surface area contributed by atoms with Crippen LogP contribution in [0.1, 0.15) is 17.2 Å². The van der Waals surface area contributed by atoms with E-state index in [1.807, 2.05) is 18.2 Å². The molecule has 0 fully saturated rings. The number of hydrogen-bond donors (Lipinski definition) is 1. The first-order valence-corrected chi connectivity index (χ1v) is 7.84. The normalized spacial score (nSPS) is 12.5. The van der Waals surface area contributed by atoms with Crippen molar-refractivity contribution < 1.29 is 4.74 Å². The maximum atomic E-state index is 6.26. The predicted octanol–water partition coefficient (Wildman–Crippen LogP) is 4.98. The smallest absolute Gasteiger partial charge is 0.137 e. The molecule has 1 unspecified atom stereocenters. The summed E-state index contributed by atoms with van der Waals surface area (Å²) in [5.74, 6) is 0.634. The fourth-order valence-electron chi connectivity index (χ4n) is 1.61. The summed E-state index contributed by atoms with van der Waals surface area (Å²) < 4.78 is 7.27. The maximum absolute atomic E-state index is 6.26. The maximum Gasteiger partial charge on any atom is 0.137 e. The van der Waals surface area contributed by atoms with E-state index in [0.29, 0.717) is 10.8 Å². The Bertz CT molecular complexity index is 573. The third-order valence-electron chi connectivity index (χ3n) is 2.55. The van der Waals surface area contributed by atoms with E-state index in [9.17, 15) is 0 Å². The first-order chi connectivity index (χ1) is 8.52. The van der Waals surface area contributed by atoms with Crippen molar-refractivity contribution in [1.29, 1.82) is 0 Å². The highest BCUT2D eigenvalue weighted by molar-refractivity contribution is 9.12. The first-order valence-electron chi connectivity index (χ1n) is 5.06. The molecule has 1 aromatic heterocycles. The summed E-state index contributed by atoms with van der Waals surface area (Å²) in [6.45, 7) is 0. The molecule has 0 aliphatic carbocycles. The summed E-state index contributed by atoms with van der Waals surface area (Å²) in [5.41, 5.74) is 8.26. The Kier molecular flexibility index (Phi) is 4.72. The molecule has 0 aliphatic rings. The van der Waals surface area contributed by atoms with Gasteiger partial charge in [-0.15, -0.1) is 11.3 Å². The highest BCUT2D eigenvalue weighted by atomic mass is 79.9. The van der Waals surface area contributed by atoms with Gasteiger partial charge in [0.25, 0.3) is 0 Å². The Labute approximate surface area is 131 Å². The SMILES string of the molecule is COc1cc(C(N)c2cc(Br)sc2Br)ccc1Cl. The molecule has 0 spiro atoms. The van der Waals surface area contributed by atoms with Gasteiger partial charge in [-0.1, -0.05) is 17.7 Å². The molecule has 2 nitrogen and oxygen atoms in total. The van der Waals surface area contributed by atoms with E-state index in [1.54, 1.807) is 24.5 Å². The van der Waals surface area contributed by atoms with Crippen LogP contribution in [0.2, 0.25) is 5.02 Å². The van der Waals surface area contributed by atoms with E-state index >= 15 is 0 Å². The second kappa shape index (κ2) is 5.92. The van der Waals surface area contributed by atoms with Gasteiger partial charge in [0, 0.05) is 0 Å². The molecule has 0 saturated heterocycles. The number of rotatable bonds is 3. The molecule has 1 atom stereocenters. The summed E-state index contributed by atoms with van der Waals surface area (Å²) in [6, 6.07) is 7.37. The zero-order valence-corrected chi connectivity index (χ0v) is 14.2. The number of benzene rings is 1. The zero-order chi connectivity index (χ0) is 13.3. The van der Waals surface area contributed by atoms with E-state index in [1.165, 1.54) is 0 Å². The van der Waals surface area contributed by atoms with E-state index in [2.05, 4.69) is 31.9 Å². The average molecular weight is 412 g/mol. The van der Waals surface area contributed by atoms with Crippen molar-refractivity contribution in [2.75, 3.05) is 7.11 Å². The van der Waals surface area contributed by atoms with Gasteiger partial charge in [0.2, 0.25) is 0 Å². The lowest BCUT2D eigenvalue weighted by atomic mass is 10.0. The van der Waals surface area contributed by atoms with Crippen LogP contribution in [0.4, 0.5) is 0 Å². The topological polar surface area (TPSA) is 35.2 Å². The van der Waals surface area contributed by atoms with Crippen LogP contribution in [0.3, 0.4) is 0 Å². The number of thiophene rings is 1. The second-order valence-corrected chi connectivity index (χ2v) is 7.81. The van der Waals surface area contributed by atoms with Gasteiger partial charge < -0.3 is 10.5 Å². The van der Waals surface area contributed by atoms with Gasteiger partial charge in [0.1, 0.15) is 5.75 Å². The Morgan fingerprint density at radius 2 is 2.06 bits per heavy atom. The number of ether oxygens (including phenoxy) is 1. The van der Waals surface area contributed by atoms with Crippen LogP contribution in [-0.4, -0.2) is 7.11 Å². The minimum absolute atomic E-state index is 0.215. The molecule has 96 valence electrons. The van der Waals surface area contributed by atoms with Crippen molar-refractivity contribution in [2.45, 2.75) is 6.04 Å². The molecule has 1 heterocycles. The zero-order valence-electron chi connectivity index (χ0n) is 9.41. The number of hydrogen-bond acceptors (Lipinski definition) is 3. The molecule has 18 heavy (non-hydrogen) atoms. The van der Waals surface area contributed by atoms with Crippen LogP contribution in [-0.2, 0) is 0 Å². The van der Waals surface area contributed by atoms with Crippen LogP contribution in [0.25, 0.3) is 0 Å². The molecule has 2 aromatic rings. The van der Waals surface area contributed by atoms with Crippen molar-refractivity contribution >= 4 is 54.8 Å². The van der Waals surface area contributed by atoms with Crippen LogP contribution < -0.4 is 10.5 Å². The minimum Gasteiger partial charge on any atom is -0.495 e. The van der Waals surface area contributed by atoms with Crippen molar-refractivity contribution in [1.82, 2.24) is 0 Å². The Morgan fingerprint density at radius 3 is 2.61 bits per heavy atom. The molecule has 2 rings (SSSR count). The largest absolute Gasteiger partial charge is 0.495 e. The van der Waals surface area contributed by atoms with Gasteiger partial charge in [-0.2, -0.15) is 0 Å². The lowest BCUT2D eigenvalue weighted by Gasteiger charge is -2.13. The van der Waals surface area contributed by atoms with Crippen LogP contribution in [0.15, 0.2) is 31.8 Å². The highest BCUT2D eigenvalue weighted by Gasteiger charge is 2.16. The molecule has 1 aromatic carbocycles. The van der Waals surface area contributed by atoms with Gasteiger partial charge in [0.15, 0.2) is 0 Å². The molecule has 0 aliphatic heterocycles. The average Bonchev–Trinajstić information content (AvgIpc) is 2.68. The summed E-state index contributed by atoms with van der Waals surface area (Å²) >= 11 is 14.6. The van der Waals surface area contributed by atoms with Crippen LogP contribution >= 0.6 is 54.8 Å². The highest BCUT2D eigenvalue weighted by Crippen LogP contribution is 2.38. The molecule has 0 saturated carbocycles. The van der Waals surface area contributed by atoms with Gasteiger partial charge in [-0.25, -0.2) is 0 Å². The molecular formula is C12H10Br2ClNOS. The van der Waals surface area contributed by atoms with E-state index in [0.717, 1.165) is 18.7 Å². The Morgan fingerprint density at radius 1 is 1.33 bits per heavy atom. The summed E-state index contributed by atoms with van der Waals surface area (Å²) in [4.78, 5) is 0. The summed E-state index contributed by atoms with van der Waals surface area (Å²) in [5, 5.41) is 0.582. The van der Waals surface area contributed by atoms with Gasteiger partial charge in [0.05, 0.1) is 25.7 Å². The quantitative estimate of drug-likeness (QED) is 0.773. The first kappa shape index (κ1) is 14.3. The third kappa shape index (κ3) is 2.91. The molecule has 0 radical (unpaired) electrons. The van der Waals surface area contributed by atoms with Crippen molar-refractivity contribution in [2.24, 2.45) is 5.73 Å². The summed E-state index contributed by atoms with van der Waals surface area (Å²) in [6.07, 6.45) is 0. The van der Waals surface area contributed by atoms with Crippen molar-refractivity contribution in [3.8, 4) is 5.75 Å². The van der Waals surface area contributed by atoms with E-state index in [-0.39, 0.29) is 6.04 Å². The monoisotopic (exact) mass is 409 g/mol. The molecule has 0 bridgehead atoms. The van der Waals surface area contributed by atoms with Crippen molar-refractivity contribution in [3.63, 3.8) is 0 Å². The number of methoxy groups -OCH3 is 1. The molecular weight excluding hydrogens is 401 g/mol. The summed E-state index contributed by atoms with van der Waals surface area (Å²) in [7, 11) is 1.59. The fourth-order valence-corrected chi connectivity index (χ4v) is 4.74. The van der Waals surface area contributed by atoms with Gasteiger partial charge in [-0.3, -0.25) is 0 Å². The fraction of sp³-hybridized carbons (Fsp3) is 0.167. The predicted molar refractivity (Wildman–Crippen MR) is 83.8 cm³/mol. The van der Waals surface area contributed by atoms with E-state index in [4.69, 9.17) is 22.1 Å². The van der Waals surface area contributed by atoms with Gasteiger partial charge in [-0.05, 0) is 61.2 Å². The molecule has 2 N–H and O–H groups in total. The molecule has 0 amide bonds. The second-order valence-electron chi connectivity index (χ2n) is 3.65.